The third-order valence-electron chi connectivity index (χ3n) is 3.97. The molecule has 1 aliphatic rings. The summed E-state index contributed by atoms with van der Waals surface area (Å²) in [7, 11) is 0. The number of benzene rings is 1. The highest BCUT2D eigenvalue weighted by molar-refractivity contribution is 5.85. The quantitative estimate of drug-likeness (QED) is 0.856. The minimum Gasteiger partial charge on any atom is -0.476 e. The first kappa shape index (κ1) is 14.1. The first-order valence-corrected chi connectivity index (χ1v) is 7.67. The van der Waals surface area contributed by atoms with Crippen LogP contribution in [0, 0.1) is 0 Å². The molecular formula is C16H21N3O2. The van der Waals surface area contributed by atoms with Gasteiger partial charge in [-0.15, -0.1) is 5.10 Å². The monoisotopic (exact) mass is 287 g/mol. The zero-order valence-electron chi connectivity index (χ0n) is 12.2. The Bertz CT molecular complexity index is 647. The Balaban J connectivity index is 1.58. The lowest BCUT2D eigenvalue weighted by Crippen LogP contribution is -2.31. The number of ether oxygens (including phenoxy) is 1. The van der Waals surface area contributed by atoms with Crippen LogP contribution in [0.4, 0.5) is 0 Å². The van der Waals surface area contributed by atoms with E-state index < -0.39 is 0 Å². The molecule has 1 N–H and O–H groups in total. The topological polar surface area (TPSA) is 58.2 Å². The maximum Gasteiger partial charge on any atom is 0.272 e. The Kier molecular flexibility index (Phi) is 4.50. The van der Waals surface area contributed by atoms with Crippen LogP contribution in [0.5, 0.6) is 5.88 Å². The summed E-state index contributed by atoms with van der Waals surface area (Å²) in [6.07, 6.45) is 4.97. The molecule has 3 rings (SSSR count). The summed E-state index contributed by atoms with van der Waals surface area (Å²) >= 11 is 0. The van der Waals surface area contributed by atoms with Crippen LogP contribution in [0.15, 0.2) is 29.1 Å². The zero-order chi connectivity index (χ0) is 14.5. The number of nitrogens with zero attached hydrogens (tertiary/aromatic N) is 2. The van der Waals surface area contributed by atoms with E-state index in [1.165, 1.54) is 32.4 Å². The second-order valence-electron chi connectivity index (χ2n) is 5.51. The van der Waals surface area contributed by atoms with Crippen molar-refractivity contribution in [2.75, 3.05) is 26.2 Å². The number of piperidine rings is 1. The number of aromatic nitrogens is 2. The van der Waals surface area contributed by atoms with Crippen molar-refractivity contribution in [1.29, 1.82) is 0 Å². The molecule has 0 spiro atoms. The molecular weight excluding hydrogens is 266 g/mol. The third kappa shape index (κ3) is 3.42. The van der Waals surface area contributed by atoms with Crippen molar-refractivity contribution in [2.45, 2.75) is 25.7 Å². The van der Waals surface area contributed by atoms with Gasteiger partial charge in [0.05, 0.1) is 17.4 Å². The summed E-state index contributed by atoms with van der Waals surface area (Å²) < 4.78 is 5.76. The Morgan fingerprint density at radius 2 is 1.90 bits per heavy atom. The van der Waals surface area contributed by atoms with Crippen molar-refractivity contribution in [1.82, 2.24) is 15.1 Å². The molecule has 1 fully saturated rings. The van der Waals surface area contributed by atoms with E-state index in [9.17, 15) is 4.79 Å². The molecule has 21 heavy (non-hydrogen) atoms. The van der Waals surface area contributed by atoms with Gasteiger partial charge >= 0.3 is 0 Å². The van der Waals surface area contributed by atoms with Gasteiger partial charge in [0.25, 0.3) is 5.56 Å². The summed E-state index contributed by atoms with van der Waals surface area (Å²) in [5.74, 6) is 0.517. The normalized spacial score (nSPS) is 16.2. The van der Waals surface area contributed by atoms with E-state index in [2.05, 4.69) is 15.1 Å². The smallest absolute Gasteiger partial charge is 0.272 e. The first-order valence-electron chi connectivity index (χ1n) is 7.67. The lowest BCUT2D eigenvalue weighted by molar-refractivity contribution is 0.203. The molecule has 0 unspecified atom stereocenters. The van der Waals surface area contributed by atoms with Crippen molar-refractivity contribution in [3.8, 4) is 5.88 Å². The van der Waals surface area contributed by atoms with E-state index in [-0.39, 0.29) is 5.56 Å². The molecule has 1 saturated heterocycles. The fraction of sp³-hybridized carbons (Fsp3) is 0.500. The van der Waals surface area contributed by atoms with Crippen molar-refractivity contribution in [2.24, 2.45) is 0 Å². The summed E-state index contributed by atoms with van der Waals surface area (Å²) in [6, 6.07) is 7.40. The van der Waals surface area contributed by atoms with Gasteiger partial charge in [-0.25, -0.2) is 5.10 Å². The third-order valence-corrected chi connectivity index (χ3v) is 3.97. The highest BCUT2D eigenvalue weighted by Crippen LogP contribution is 2.19. The van der Waals surface area contributed by atoms with Gasteiger partial charge in [0.2, 0.25) is 5.88 Å². The van der Waals surface area contributed by atoms with E-state index >= 15 is 0 Å². The number of hydrogen-bond acceptors (Lipinski definition) is 4. The van der Waals surface area contributed by atoms with Gasteiger partial charge in [-0.3, -0.25) is 4.79 Å². The number of H-pyrrole nitrogens is 1. The van der Waals surface area contributed by atoms with Gasteiger partial charge in [0, 0.05) is 6.54 Å². The molecule has 0 atom stereocenters. The predicted molar refractivity (Wildman–Crippen MR) is 82.8 cm³/mol. The molecule has 1 aliphatic heterocycles. The largest absolute Gasteiger partial charge is 0.476 e. The van der Waals surface area contributed by atoms with Crippen molar-refractivity contribution in [3.63, 3.8) is 0 Å². The second-order valence-corrected chi connectivity index (χ2v) is 5.51. The Morgan fingerprint density at radius 1 is 1.14 bits per heavy atom. The average Bonchev–Trinajstić information content (AvgIpc) is 2.55. The first-order chi connectivity index (χ1) is 10.3. The van der Waals surface area contributed by atoms with Crippen molar-refractivity contribution in [3.05, 3.63) is 34.6 Å². The molecule has 0 amide bonds. The van der Waals surface area contributed by atoms with Gasteiger partial charge in [-0.2, -0.15) is 0 Å². The van der Waals surface area contributed by atoms with Gasteiger partial charge in [0.15, 0.2) is 0 Å². The van der Waals surface area contributed by atoms with Crippen LogP contribution in [-0.2, 0) is 0 Å². The number of aromatic amines is 1. The molecule has 2 aromatic rings. The van der Waals surface area contributed by atoms with E-state index in [1.807, 2.05) is 18.2 Å². The van der Waals surface area contributed by atoms with Crippen LogP contribution >= 0.6 is 0 Å². The summed E-state index contributed by atoms with van der Waals surface area (Å²) in [5, 5.41) is 7.91. The molecule has 112 valence electrons. The van der Waals surface area contributed by atoms with Gasteiger partial charge in [-0.1, -0.05) is 18.6 Å². The minimum atomic E-state index is -0.175. The molecule has 5 nitrogen and oxygen atoms in total. The average molecular weight is 287 g/mol. The standard InChI is InChI=1S/C16H21N3O2/c20-15-13-7-2-3-8-14(13)16(18-17-15)21-12-6-11-19-9-4-1-5-10-19/h2-3,7-8H,1,4-6,9-12H2,(H,17,20). The molecule has 0 radical (unpaired) electrons. The van der Waals surface area contributed by atoms with Gasteiger partial charge < -0.3 is 9.64 Å². The number of likely N-dealkylation sites (tertiary alicyclic amines) is 1. The van der Waals surface area contributed by atoms with Gasteiger partial charge in [0.1, 0.15) is 0 Å². The molecule has 5 heteroatoms. The fourth-order valence-electron chi connectivity index (χ4n) is 2.84. The maximum absolute atomic E-state index is 11.7. The number of rotatable bonds is 5. The number of nitrogens with one attached hydrogen (secondary N) is 1. The molecule has 0 saturated carbocycles. The SMILES string of the molecule is O=c1[nH]nc(OCCCN2CCCCC2)c2ccccc12. The summed E-state index contributed by atoms with van der Waals surface area (Å²) in [4.78, 5) is 14.2. The molecule has 1 aromatic carbocycles. The lowest BCUT2D eigenvalue weighted by Gasteiger charge is -2.26. The second kappa shape index (κ2) is 6.72. The van der Waals surface area contributed by atoms with Crippen molar-refractivity contribution >= 4 is 10.8 Å². The summed E-state index contributed by atoms with van der Waals surface area (Å²) in [5.41, 5.74) is -0.175. The molecule has 0 aliphatic carbocycles. The van der Waals surface area contributed by atoms with E-state index in [1.54, 1.807) is 6.07 Å². The predicted octanol–water partition coefficient (Wildman–Crippen LogP) is 2.18. The van der Waals surface area contributed by atoms with E-state index in [4.69, 9.17) is 4.74 Å². The Hall–Kier alpha value is -1.88. The van der Waals surface area contributed by atoms with Crippen molar-refractivity contribution < 1.29 is 4.74 Å². The Morgan fingerprint density at radius 3 is 2.71 bits per heavy atom. The van der Waals surface area contributed by atoms with Gasteiger partial charge in [-0.05, 0) is 44.5 Å². The Labute approximate surface area is 123 Å². The van der Waals surface area contributed by atoms with Crippen LogP contribution in [0.2, 0.25) is 0 Å². The van der Waals surface area contributed by atoms with E-state index in [0.717, 1.165) is 18.4 Å². The van der Waals surface area contributed by atoms with Crippen LogP contribution < -0.4 is 10.3 Å². The maximum atomic E-state index is 11.7. The van der Waals surface area contributed by atoms with Crippen LogP contribution in [-0.4, -0.2) is 41.3 Å². The molecule has 0 bridgehead atoms. The molecule has 2 heterocycles. The van der Waals surface area contributed by atoms with Crippen LogP contribution in [0.3, 0.4) is 0 Å². The van der Waals surface area contributed by atoms with Crippen LogP contribution in [0.25, 0.3) is 10.8 Å². The lowest BCUT2D eigenvalue weighted by atomic mass is 10.1. The fourth-order valence-corrected chi connectivity index (χ4v) is 2.84. The van der Waals surface area contributed by atoms with Crippen LogP contribution in [0.1, 0.15) is 25.7 Å². The molecule has 1 aromatic heterocycles. The highest BCUT2D eigenvalue weighted by atomic mass is 16.5. The number of hydrogen-bond donors (Lipinski definition) is 1. The summed E-state index contributed by atoms with van der Waals surface area (Å²) in [6.45, 7) is 4.11. The van der Waals surface area contributed by atoms with E-state index in [0.29, 0.717) is 17.9 Å². The zero-order valence-corrected chi connectivity index (χ0v) is 12.2. The highest BCUT2D eigenvalue weighted by Gasteiger charge is 2.10. The minimum absolute atomic E-state index is 0.175. The number of fused-ring (bicyclic) bond motifs is 1.